The molecule has 3 heterocycles. The summed E-state index contributed by atoms with van der Waals surface area (Å²) in [7, 11) is 0. The van der Waals surface area contributed by atoms with Gasteiger partial charge in [0.05, 0.1) is 16.6 Å². The van der Waals surface area contributed by atoms with Crippen LogP contribution in [0.5, 0.6) is 0 Å². The van der Waals surface area contributed by atoms with Crippen molar-refractivity contribution in [3.8, 4) is 5.69 Å². The Bertz CT molecular complexity index is 3430. The van der Waals surface area contributed by atoms with E-state index in [9.17, 15) is 14.0 Å². The predicted molar refractivity (Wildman–Crippen MR) is 224 cm³/mol. The topological polar surface area (TPSA) is 869 Å². The van der Waals surface area contributed by atoms with Gasteiger partial charge in [-0.15, -0.1) is 0 Å². The molecule has 3 aromatic rings. The lowest BCUT2D eigenvalue weighted by molar-refractivity contribution is 0.103. The Labute approximate surface area is 441 Å². The number of nitrogens with two attached hydrogens (primary N) is 1. The van der Waals surface area contributed by atoms with Crippen molar-refractivity contribution in [2.45, 2.75) is 0 Å². The van der Waals surface area contributed by atoms with Crippen LogP contribution in [-0.2, 0) is 0 Å². The maximum absolute atomic E-state index is 13.3. The van der Waals surface area contributed by atoms with Gasteiger partial charge in [0.15, 0.2) is 11.5 Å². The molecule has 0 bridgehead atoms. The first-order valence-corrected chi connectivity index (χ1v) is 18.3. The highest BCUT2D eigenvalue weighted by Crippen LogP contribution is 2.26. The highest BCUT2D eigenvalue weighted by atomic mass is 19.1. The standard InChI is InChI=1S/C14H6FN3O2.H3N63/c15-7-3-4-10-9(6-7)11(19)13-17-12-8(2-1-5-16-12)14(20)18(10)13;1-3-5-7-9-11-13-15-17-19-21-23-25-27-29-31-33-35-37-39-41-43-45-47-49-51-53-55-57-59-61-63-62-60-58-56-54-52-50-48-46-44-42-40-38-36-34-32-30-28-26-24-22-20-18-16-14-12-10-8-6-4-2/h1-6H;(H3,1,2,5,6,9,10,13,14,17,18,21,22,25,26,29,30,33,34,37,38,41,42,45,46,49,50,53,54,57,58,61,62)/i/hD. The third-order valence-corrected chi connectivity index (χ3v) is 5.70. The molecule has 1 aliphatic rings. The molecule has 68 nitrogen and oxygen atoms in total. The third kappa shape index (κ3) is 29.7. The monoisotopic (exact) mass is 1150 g/mol. The number of carbonyl (C=O) groups excluding carboxylic acids is 1. The number of fused-ring (bicyclic) bond motifs is 4. The van der Waals surface area contributed by atoms with Crippen LogP contribution in [0, 0.1) is 11.3 Å². The number of pyridine rings is 1. The van der Waals surface area contributed by atoms with Gasteiger partial charge < -0.3 is 5.84 Å². The second-order valence-electron chi connectivity index (χ2n) is 9.92. The lowest BCUT2D eigenvalue weighted by Gasteiger charge is -2.04. The van der Waals surface area contributed by atoms with E-state index in [1.807, 2.05) is 0 Å². The van der Waals surface area contributed by atoms with Crippen molar-refractivity contribution < 1.29 is 10.6 Å². The van der Waals surface area contributed by atoms with Crippen LogP contribution in [-0.4, -0.2) is 20.3 Å². The molecule has 1 aromatic carbocycles. The number of hydrogen-bond donors (Lipinski definition) is 2. The second kappa shape index (κ2) is 44.0. The number of rotatable bonds is 30. The first-order chi connectivity index (χ1) is 41.6. The zero-order valence-corrected chi connectivity index (χ0v) is 38.3. The largest absolute Gasteiger partial charge is 0.303 e. The van der Waals surface area contributed by atoms with Gasteiger partial charge >= 0.3 is 0 Å². The Morgan fingerprint density at radius 1 is 0.398 bits per heavy atom. The number of halogens is 1. The minimum absolute atomic E-state index is 0.0261. The van der Waals surface area contributed by atoms with Gasteiger partial charge in [0.2, 0.25) is 7.20 Å². The van der Waals surface area contributed by atoms with Gasteiger partial charge in [0, 0.05) is 241 Å². The summed E-state index contributed by atoms with van der Waals surface area (Å²) in [5.41, 5.74) is 2.83. The molecule has 0 amide bonds. The fourth-order valence-corrected chi connectivity index (χ4v) is 3.46. The molecule has 414 valence electrons. The van der Waals surface area contributed by atoms with Crippen LogP contribution in [0.25, 0.3) is 16.7 Å². The summed E-state index contributed by atoms with van der Waals surface area (Å²) in [5.74, 6) is 3.61. The number of carbonyl (C=O) groups is 1. The average Bonchev–Trinajstić information content (AvgIpc) is 1.83. The molecule has 0 radical (unpaired) electrons. The van der Waals surface area contributed by atoms with Gasteiger partial charge in [-0.3, -0.25) is 14.2 Å². The first kappa shape index (κ1) is 60.1. The molecular formula is C14H9FN66O2. The summed E-state index contributed by atoms with van der Waals surface area (Å²) in [6.45, 7) is 0. The minimum atomic E-state index is -0.527. The Balaban J connectivity index is 0.000000755. The van der Waals surface area contributed by atoms with E-state index in [1.165, 1.54) is 22.9 Å². The summed E-state index contributed by atoms with van der Waals surface area (Å²) in [4.78, 5) is 32.8. The van der Waals surface area contributed by atoms with Crippen molar-refractivity contribution in [3.05, 3.63) is 64.1 Å². The number of nitrogens with one attached hydrogen (secondary N) is 1. The van der Waals surface area contributed by atoms with Crippen LogP contribution in [0.4, 0.5) is 4.39 Å². The Kier molecular flexibility index (Phi) is 31.9. The van der Waals surface area contributed by atoms with E-state index in [1.54, 1.807) is 12.1 Å². The molecule has 0 aliphatic carbocycles. The molecular weight excluding hydrogens is 1140 g/mol. The van der Waals surface area contributed by atoms with Crippen LogP contribution in [0.1, 0.15) is 16.2 Å². The number of hydrogen-bond acceptors (Lipinski definition) is 6. The van der Waals surface area contributed by atoms with E-state index >= 15 is 0 Å². The van der Waals surface area contributed by atoms with Gasteiger partial charge in [-0.05, 0) is 109 Å². The van der Waals surface area contributed by atoms with Crippen LogP contribution in [0.3, 0.4) is 0 Å². The molecule has 1 aliphatic heterocycles. The number of nitrogens with zero attached hydrogens (tertiary/aromatic N) is 64. The molecule has 3 N–H and O–H groups in total. The minimum Gasteiger partial charge on any atom is -0.303 e. The predicted octanol–water partition coefficient (Wildman–Crippen LogP) is 12.4. The molecule has 0 saturated carbocycles. The van der Waals surface area contributed by atoms with Crippen LogP contribution < -0.4 is 11.4 Å². The highest BCUT2D eigenvalue weighted by molar-refractivity contribution is 6.13. The van der Waals surface area contributed by atoms with Gasteiger partial charge in [-0.25, -0.2) is 14.4 Å². The quantitative estimate of drug-likeness (QED) is 0.0291. The third-order valence-electron chi connectivity index (χ3n) is 5.70. The molecule has 0 spiro atoms. The van der Waals surface area contributed by atoms with Gasteiger partial charge in [0.25, 0.3) is 5.56 Å². The summed E-state index contributed by atoms with van der Waals surface area (Å²) in [6, 6.07) is 6.95. The van der Waals surface area contributed by atoms with E-state index in [2.05, 4.69) is 340 Å². The fraction of sp³-hybridized carbons (Fsp3) is 0. The van der Waals surface area contributed by atoms with Gasteiger partial charge in [-0.1, -0.05) is 5.22 Å². The van der Waals surface area contributed by atoms with Crippen molar-refractivity contribution in [3.63, 3.8) is 0 Å². The number of ketones is 1. The van der Waals surface area contributed by atoms with Crippen molar-refractivity contribution >= 4 is 16.8 Å². The van der Waals surface area contributed by atoms with Gasteiger partial charge in [-0.2, -0.15) is 5.52 Å². The van der Waals surface area contributed by atoms with Crippen LogP contribution in [0.2, 0.25) is 1.41 Å². The Hall–Kier alpha value is -15.5. The highest BCUT2D eigenvalue weighted by Gasteiger charge is 2.30. The van der Waals surface area contributed by atoms with Crippen molar-refractivity contribution in [2.24, 2.45) is 324 Å². The summed E-state index contributed by atoms with van der Waals surface area (Å²) >= 11 is 0. The SMILES string of the molecule is O=C1c2cc(F)ccc2-n2c1nc1ncccc1c2=O.[2H]N=N/N=N/N=N/N=N/N=N/N=N/N=N/N=N/N=N/N=N/N=N/N=N/N=N/N=N/N=N/N=N/N=N/N=N/N=N/N=N/N=N/N=N/N=N/N=N/N=N/N=N/N=N/N=N/N=N/N=N/N=N/N. The average molecular weight is 1150 g/mol. The summed E-state index contributed by atoms with van der Waals surface area (Å²) in [6.07, 6.45) is 1.50. The Morgan fingerprint density at radius 3 is 0.952 bits per heavy atom. The summed E-state index contributed by atoms with van der Waals surface area (Å²) in [5, 5.41) is 182. The zero-order chi connectivity index (χ0) is 59.7. The summed E-state index contributed by atoms with van der Waals surface area (Å²) < 4.78 is 20.7. The lowest BCUT2D eigenvalue weighted by Crippen LogP contribution is -2.21. The van der Waals surface area contributed by atoms with E-state index in [0.717, 1.165) is 6.07 Å². The smallest absolute Gasteiger partial charge is 0.267 e. The van der Waals surface area contributed by atoms with E-state index < -0.39 is 11.6 Å². The molecule has 0 fully saturated rings. The first-order valence-electron chi connectivity index (χ1n) is 18.8. The molecule has 0 unspecified atom stereocenters. The number of benzene rings is 1. The van der Waals surface area contributed by atoms with Gasteiger partial charge in [0.1, 0.15) is 5.82 Å². The molecule has 0 atom stereocenters. The van der Waals surface area contributed by atoms with E-state index in [0.29, 0.717) is 11.1 Å². The fourth-order valence-electron chi connectivity index (χ4n) is 3.46. The molecule has 69 heteroatoms. The van der Waals surface area contributed by atoms with Crippen LogP contribution >= 0.6 is 0 Å². The van der Waals surface area contributed by atoms with E-state index in [4.69, 9.17) is 1.41 Å². The normalized spacial score (nSPS) is 15.0. The van der Waals surface area contributed by atoms with Crippen molar-refractivity contribution in [1.29, 1.82) is 5.52 Å². The molecule has 2 aromatic heterocycles. The molecule has 83 heavy (non-hydrogen) atoms. The van der Waals surface area contributed by atoms with Crippen molar-refractivity contribution in [1.82, 2.24) is 14.5 Å². The molecule has 0 saturated heterocycles. The maximum Gasteiger partial charge on any atom is 0.267 e. The van der Waals surface area contributed by atoms with Crippen LogP contribution in [0.15, 0.2) is 360 Å². The maximum atomic E-state index is 13.3. The molecule has 4 rings (SSSR count). The second-order valence-corrected chi connectivity index (χ2v) is 9.92. The van der Waals surface area contributed by atoms with Crippen molar-refractivity contribution in [2.75, 3.05) is 0 Å². The lowest BCUT2D eigenvalue weighted by atomic mass is 10.1. The van der Waals surface area contributed by atoms with E-state index in [-0.39, 0.29) is 22.6 Å². The zero-order valence-electron chi connectivity index (χ0n) is 39.3. The number of aromatic nitrogens is 3. The Morgan fingerprint density at radius 2 is 0.675 bits per heavy atom.